The number of carbonyl (C=O) groups excluding carboxylic acids is 1. The molecule has 15 heavy (non-hydrogen) atoms. The summed E-state index contributed by atoms with van der Waals surface area (Å²) < 4.78 is 24.1. The van der Waals surface area contributed by atoms with Gasteiger partial charge in [0.05, 0.1) is 6.26 Å². The molecule has 0 radical (unpaired) electrons. The van der Waals surface area contributed by atoms with Crippen molar-refractivity contribution < 1.29 is 13.2 Å². The summed E-state index contributed by atoms with van der Waals surface area (Å²) in [6.45, 7) is 0.369. The SMILES string of the molecule is CS(=O)(=O)NC[C@@H]1CC[C@H](CC(N)=O)N1. The summed E-state index contributed by atoms with van der Waals surface area (Å²) >= 11 is 0. The Morgan fingerprint density at radius 3 is 2.60 bits per heavy atom. The molecule has 0 aliphatic carbocycles. The number of primary amides is 1. The van der Waals surface area contributed by atoms with Crippen LogP contribution >= 0.6 is 0 Å². The molecular formula is C8H17N3O3S. The van der Waals surface area contributed by atoms with E-state index < -0.39 is 10.0 Å². The summed E-state index contributed by atoms with van der Waals surface area (Å²) in [5.41, 5.74) is 5.07. The lowest BCUT2D eigenvalue weighted by Gasteiger charge is -2.13. The van der Waals surface area contributed by atoms with Gasteiger partial charge in [0.2, 0.25) is 15.9 Å². The van der Waals surface area contributed by atoms with Gasteiger partial charge >= 0.3 is 0 Å². The Labute approximate surface area is 89.6 Å². The molecule has 2 atom stereocenters. The van der Waals surface area contributed by atoms with E-state index in [9.17, 15) is 13.2 Å². The third-order valence-corrected chi connectivity index (χ3v) is 3.07. The zero-order valence-corrected chi connectivity index (χ0v) is 9.51. The van der Waals surface area contributed by atoms with Crippen molar-refractivity contribution in [2.24, 2.45) is 5.73 Å². The number of hydrogen-bond acceptors (Lipinski definition) is 4. The van der Waals surface area contributed by atoms with Crippen LogP contribution in [-0.4, -0.2) is 39.2 Å². The Balaban J connectivity index is 2.28. The van der Waals surface area contributed by atoms with Gasteiger partial charge < -0.3 is 11.1 Å². The first kappa shape index (κ1) is 12.4. The van der Waals surface area contributed by atoms with Gasteiger partial charge in [-0.3, -0.25) is 4.79 Å². The van der Waals surface area contributed by atoms with E-state index in [1.165, 1.54) is 0 Å². The summed E-state index contributed by atoms with van der Waals surface area (Å²) in [6.07, 6.45) is 3.16. The summed E-state index contributed by atoms with van der Waals surface area (Å²) in [7, 11) is -3.13. The Morgan fingerprint density at radius 1 is 1.47 bits per heavy atom. The van der Waals surface area contributed by atoms with Crippen LogP contribution in [0.4, 0.5) is 0 Å². The van der Waals surface area contributed by atoms with Crippen molar-refractivity contribution >= 4 is 15.9 Å². The molecule has 1 heterocycles. The molecule has 0 aromatic carbocycles. The van der Waals surface area contributed by atoms with Gasteiger partial charge in [0.15, 0.2) is 0 Å². The number of sulfonamides is 1. The van der Waals surface area contributed by atoms with Crippen LogP contribution in [0.15, 0.2) is 0 Å². The third kappa shape index (κ3) is 5.10. The van der Waals surface area contributed by atoms with E-state index in [4.69, 9.17) is 5.73 Å². The van der Waals surface area contributed by atoms with Gasteiger partial charge in [-0.15, -0.1) is 0 Å². The zero-order valence-electron chi connectivity index (χ0n) is 8.69. The molecule has 1 aliphatic heterocycles. The molecule has 1 rings (SSSR count). The van der Waals surface area contributed by atoms with Crippen molar-refractivity contribution in [1.29, 1.82) is 0 Å². The minimum absolute atomic E-state index is 0.0915. The molecule has 0 saturated carbocycles. The highest BCUT2D eigenvalue weighted by atomic mass is 32.2. The first-order chi connectivity index (χ1) is 6.87. The molecule has 88 valence electrons. The Bertz CT molecular complexity index is 328. The van der Waals surface area contributed by atoms with Gasteiger partial charge in [0, 0.05) is 25.0 Å². The van der Waals surface area contributed by atoms with Crippen molar-refractivity contribution in [2.75, 3.05) is 12.8 Å². The fourth-order valence-corrected chi connectivity index (χ4v) is 2.22. The molecule has 1 saturated heterocycles. The minimum Gasteiger partial charge on any atom is -0.370 e. The van der Waals surface area contributed by atoms with Crippen molar-refractivity contribution in [2.45, 2.75) is 31.3 Å². The molecule has 0 unspecified atom stereocenters. The second kappa shape index (κ2) is 4.91. The third-order valence-electron chi connectivity index (χ3n) is 2.37. The lowest BCUT2D eigenvalue weighted by Crippen LogP contribution is -2.40. The second-order valence-corrected chi connectivity index (χ2v) is 5.76. The van der Waals surface area contributed by atoms with Gasteiger partial charge in [-0.1, -0.05) is 0 Å². The minimum atomic E-state index is -3.13. The number of carbonyl (C=O) groups is 1. The first-order valence-electron chi connectivity index (χ1n) is 4.86. The monoisotopic (exact) mass is 235 g/mol. The van der Waals surface area contributed by atoms with Gasteiger partial charge in [-0.25, -0.2) is 13.1 Å². The van der Waals surface area contributed by atoms with Gasteiger partial charge in [0.25, 0.3) is 0 Å². The Hall–Kier alpha value is -0.660. The number of nitrogens with one attached hydrogen (secondary N) is 2. The lowest BCUT2D eigenvalue weighted by atomic mass is 10.1. The van der Waals surface area contributed by atoms with Crippen molar-refractivity contribution in [3.05, 3.63) is 0 Å². The molecule has 1 aliphatic rings. The molecule has 4 N–H and O–H groups in total. The van der Waals surface area contributed by atoms with Crippen molar-refractivity contribution in [3.63, 3.8) is 0 Å². The fourth-order valence-electron chi connectivity index (χ4n) is 1.72. The zero-order chi connectivity index (χ0) is 11.5. The summed E-state index contributed by atoms with van der Waals surface area (Å²) in [5, 5.41) is 3.17. The maximum Gasteiger partial charge on any atom is 0.218 e. The maximum atomic E-state index is 10.8. The quantitative estimate of drug-likeness (QED) is 0.541. The van der Waals surface area contributed by atoms with Crippen LogP contribution in [0.1, 0.15) is 19.3 Å². The molecule has 0 aromatic rings. The van der Waals surface area contributed by atoms with Crippen molar-refractivity contribution in [1.82, 2.24) is 10.0 Å². The number of hydrogen-bond donors (Lipinski definition) is 3. The smallest absolute Gasteiger partial charge is 0.218 e. The summed E-state index contributed by atoms with van der Waals surface area (Å²) in [5.74, 6) is -0.329. The second-order valence-electron chi connectivity index (χ2n) is 3.93. The standard InChI is InChI=1S/C8H17N3O3S/c1-15(13,14)10-5-7-3-2-6(11-7)4-8(9)12/h6-7,10-11H,2-5H2,1H3,(H2,9,12)/t6-,7+/m1/s1. The fraction of sp³-hybridized carbons (Fsp3) is 0.875. The molecule has 0 bridgehead atoms. The number of rotatable bonds is 5. The predicted molar refractivity (Wildman–Crippen MR) is 56.6 cm³/mol. The van der Waals surface area contributed by atoms with E-state index in [2.05, 4.69) is 10.0 Å². The highest BCUT2D eigenvalue weighted by Gasteiger charge is 2.25. The molecule has 7 heteroatoms. The number of nitrogens with two attached hydrogens (primary N) is 1. The molecular weight excluding hydrogens is 218 g/mol. The highest BCUT2D eigenvalue weighted by Crippen LogP contribution is 2.14. The molecule has 1 fully saturated rings. The largest absolute Gasteiger partial charge is 0.370 e. The maximum absolute atomic E-state index is 10.8. The van der Waals surface area contributed by atoms with Crippen LogP contribution < -0.4 is 15.8 Å². The number of amides is 1. The summed E-state index contributed by atoms with van der Waals surface area (Å²) in [4.78, 5) is 10.6. The molecule has 0 aromatic heterocycles. The van der Waals surface area contributed by atoms with Crippen LogP contribution in [-0.2, 0) is 14.8 Å². The molecule has 1 amide bonds. The van der Waals surface area contributed by atoms with E-state index in [-0.39, 0.29) is 18.0 Å². The molecule has 6 nitrogen and oxygen atoms in total. The first-order valence-corrected chi connectivity index (χ1v) is 6.75. The van der Waals surface area contributed by atoms with Crippen LogP contribution in [0, 0.1) is 0 Å². The lowest BCUT2D eigenvalue weighted by molar-refractivity contribution is -0.118. The Kier molecular flexibility index (Phi) is 4.06. The topological polar surface area (TPSA) is 101 Å². The van der Waals surface area contributed by atoms with E-state index >= 15 is 0 Å². The van der Waals surface area contributed by atoms with E-state index in [1.807, 2.05) is 0 Å². The Morgan fingerprint density at radius 2 is 2.07 bits per heavy atom. The molecule has 0 spiro atoms. The van der Waals surface area contributed by atoms with E-state index in [0.717, 1.165) is 19.1 Å². The van der Waals surface area contributed by atoms with E-state index in [0.29, 0.717) is 13.0 Å². The predicted octanol–water partition coefficient (Wildman–Crippen LogP) is -1.47. The van der Waals surface area contributed by atoms with Crippen LogP contribution in [0.25, 0.3) is 0 Å². The average molecular weight is 235 g/mol. The van der Waals surface area contributed by atoms with Crippen LogP contribution in [0.2, 0.25) is 0 Å². The van der Waals surface area contributed by atoms with Crippen LogP contribution in [0.5, 0.6) is 0 Å². The van der Waals surface area contributed by atoms with E-state index in [1.54, 1.807) is 0 Å². The normalized spacial score (nSPS) is 26.7. The van der Waals surface area contributed by atoms with Crippen LogP contribution in [0.3, 0.4) is 0 Å². The van der Waals surface area contributed by atoms with Gasteiger partial charge in [-0.05, 0) is 12.8 Å². The van der Waals surface area contributed by atoms with Gasteiger partial charge in [0.1, 0.15) is 0 Å². The van der Waals surface area contributed by atoms with Gasteiger partial charge in [-0.2, -0.15) is 0 Å². The average Bonchev–Trinajstić information content (AvgIpc) is 2.46. The summed E-state index contributed by atoms with van der Waals surface area (Å²) in [6, 6.07) is 0.193. The highest BCUT2D eigenvalue weighted by molar-refractivity contribution is 7.88. The van der Waals surface area contributed by atoms with Crippen molar-refractivity contribution in [3.8, 4) is 0 Å².